The van der Waals surface area contributed by atoms with Crippen molar-refractivity contribution in [2.75, 3.05) is 13.2 Å². The van der Waals surface area contributed by atoms with Crippen LogP contribution in [0.4, 0.5) is 4.39 Å². The van der Waals surface area contributed by atoms with Crippen molar-refractivity contribution in [3.63, 3.8) is 0 Å². The largest absolute Gasteiger partial charge is 0.490 e. The molecule has 0 aliphatic heterocycles. The highest BCUT2D eigenvalue weighted by molar-refractivity contribution is 6.31. The van der Waals surface area contributed by atoms with Gasteiger partial charge in [0.25, 0.3) is 5.91 Å². The molecule has 0 aromatic heterocycles. The second kappa shape index (κ2) is 7.94. The quantitative estimate of drug-likeness (QED) is 0.850. The summed E-state index contributed by atoms with van der Waals surface area (Å²) >= 11 is 6.00. The van der Waals surface area contributed by atoms with E-state index >= 15 is 0 Å². The maximum Gasteiger partial charge on any atom is 0.255 e. The third-order valence-electron chi connectivity index (χ3n) is 3.22. The van der Waals surface area contributed by atoms with E-state index in [4.69, 9.17) is 16.3 Å². The number of nitrogens with one attached hydrogen (secondary N) is 1. The number of halogens is 2. The number of aliphatic hydroxyl groups excluding tert-OH is 1. The van der Waals surface area contributed by atoms with E-state index < -0.39 is 17.8 Å². The van der Waals surface area contributed by atoms with Gasteiger partial charge in [-0.05, 0) is 25.1 Å². The van der Waals surface area contributed by atoms with Crippen LogP contribution in [0, 0.1) is 5.82 Å². The first-order valence-electron chi connectivity index (χ1n) is 7.16. The summed E-state index contributed by atoms with van der Waals surface area (Å²) < 4.78 is 18.9. The summed E-state index contributed by atoms with van der Waals surface area (Å²) in [7, 11) is 0. The van der Waals surface area contributed by atoms with Crippen LogP contribution in [0.15, 0.2) is 42.5 Å². The summed E-state index contributed by atoms with van der Waals surface area (Å²) in [4.78, 5) is 12.2. The minimum absolute atomic E-state index is 0.0509. The minimum Gasteiger partial charge on any atom is -0.490 e. The zero-order valence-electron chi connectivity index (χ0n) is 12.6. The van der Waals surface area contributed by atoms with Crippen LogP contribution < -0.4 is 10.1 Å². The fourth-order valence-electron chi connectivity index (χ4n) is 2.12. The van der Waals surface area contributed by atoms with Crippen molar-refractivity contribution in [3.05, 3.63) is 64.4 Å². The van der Waals surface area contributed by atoms with E-state index in [-0.39, 0.29) is 24.5 Å². The Balaban J connectivity index is 2.08. The summed E-state index contributed by atoms with van der Waals surface area (Å²) in [5.41, 5.74) is 0.594. The smallest absolute Gasteiger partial charge is 0.255 e. The molecule has 1 amide bonds. The summed E-state index contributed by atoms with van der Waals surface area (Å²) in [6.45, 7) is 1.89. The van der Waals surface area contributed by atoms with Crippen LogP contribution in [0.3, 0.4) is 0 Å². The van der Waals surface area contributed by atoms with Gasteiger partial charge in [-0.1, -0.05) is 35.9 Å². The number of ether oxygens (including phenoxy) is 1. The van der Waals surface area contributed by atoms with Crippen LogP contribution in [0.1, 0.15) is 28.9 Å². The van der Waals surface area contributed by atoms with E-state index in [2.05, 4.69) is 5.32 Å². The van der Waals surface area contributed by atoms with E-state index in [9.17, 15) is 14.3 Å². The average molecular weight is 338 g/mol. The van der Waals surface area contributed by atoms with Crippen molar-refractivity contribution in [3.8, 4) is 5.75 Å². The van der Waals surface area contributed by atoms with Crippen LogP contribution in [0.2, 0.25) is 5.02 Å². The molecule has 1 atom stereocenters. The van der Waals surface area contributed by atoms with E-state index in [1.54, 1.807) is 31.2 Å². The highest BCUT2D eigenvalue weighted by Gasteiger charge is 2.18. The number of rotatable bonds is 6. The highest BCUT2D eigenvalue weighted by Crippen LogP contribution is 2.24. The van der Waals surface area contributed by atoms with Gasteiger partial charge in [0.15, 0.2) is 11.6 Å². The van der Waals surface area contributed by atoms with Crippen molar-refractivity contribution in [1.82, 2.24) is 5.32 Å². The fourth-order valence-corrected chi connectivity index (χ4v) is 2.38. The summed E-state index contributed by atoms with van der Waals surface area (Å²) in [6.07, 6.45) is -0.961. The number of aliphatic hydroxyl groups is 1. The Morgan fingerprint density at radius 1 is 1.30 bits per heavy atom. The van der Waals surface area contributed by atoms with E-state index in [0.29, 0.717) is 10.6 Å². The molecule has 0 fully saturated rings. The van der Waals surface area contributed by atoms with Gasteiger partial charge in [0.1, 0.15) is 0 Å². The average Bonchev–Trinajstić information content (AvgIpc) is 2.54. The molecule has 2 rings (SSSR count). The van der Waals surface area contributed by atoms with Crippen LogP contribution in [-0.2, 0) is 0 Å². The van der Waals surface area contributed by atoms with E-state index in [1.165, 1.54) is 18.2 Å². The first-order valence-corrected chi connectivity index (χ1v) is 7.54. The minimum atomic E-state index is -0.961. The maximum absolute atomic E-state index is 13.7. The van der Waals surface area contributed by atoms with Gasteiger partial charge in [0.2, 0.25) is 0 Å². The molecule has 0 spiro atoms. The predicted octanol–water partition coefficient (Wildman–Crippen LogP) is 3.34. The Morgan fingerprint density at radius 2 is 2.04 bits per heavy atom. The van der Waals surface area contributed by atoms with Crippen LogP contribution in [-0.4, -0.2) is 24.2 Å². The molecule has 0 heterocycles. The molecule has 6 heteroatoms. The zero-order valence-corrected chi connectivity index (χ0v) is 13.3. The Kier molecular flexibility index (Phi) is 5.96. The molecular weight excluding hydrogens is 321 g/mol. The monoisotopic (exact) mass is 337 g/mol. The van der Waals surface area contributed by atoms with Gasteiger partial charge in [0, 0.05) is 17.1 Å². The lowest BCUT2D eigenvalue weighted by molar-refractivity contribution is 0.0911. The van der Waals surface area contributed by atoms with Crippen molar-refractivity contribution in [2.24, 2.45) is 0 Å². The topological polar surface area (TPSA) is 58.6 Å². The van der Waals surface area contributed by atoms with Gasteiger partial charge in [-0.2, -0.15) is 0 Å². The van der Waals surface area contributed by atoms with Gasteiger partial charge >= 0.3 is 0 Å². The molecule has 2 aromatic rings. The van der Waals surface area contributed by atoms with Crippen molar-refractivity contribution >= 4 is 17.5 Å². The number of carbonyl (C=O) groups excluding carboxylic acids is 1. The Hall–Kier alpha value is -2.11. The lowest BCUT2D eigenvalue weighted by Crippen LogP contribution is -2.29. The Labute approximate surface area is 138 Å². The van der Waals surface area contributed by atoms with Crippen molar-refractivity contribution < 1.29 is 19.0 Å². The van der Waals surface area contributed by atoms with Gasteiger partial charge in [0.05, 0.1) is 18.3 Å². The van der Waals surface area contributed by atoms with Gasteiger partial charge < -0.3 is 15.2 Å². The summed E-state index contributed by atoms with van der Waals surface area (Å²) in [5, 5.41) is 13.1. The summed E-state index contributed by atoms with van der Waals surface area (Å²) in [6, 6.07) is 10.9. The number of hydrogen-bond acceptors (Lipinski definition) is 3. The number of benzene rings is 2. The molecule has 0 bridgehead atoms. The maximum atomic E-state index is 13.7. The first-order chi connectivity index (χ1) is 11.0. The van der Waals surface area contributed by atoms with E-state index in [1.807, 2.05) is 0 Å². The third kappa shape index (κ3) is 4.21. The number of carbonyl (C=O) groups is 1. The van der Waals surface area contributed by atoms with Gasteiger partial charge in [-0.25, -0.2) is 4.39 Å². The SMILES string of the molecule is CCOc1c(F)cccc1C(=O)NCC(O)c1ccccc1Cl. The molecule has 23 heavy (non-hydrogen) atoms. The molecule has 0 radical (unpaired) electrons. The normalized spacial score (nSPS) is 11.8. The Morgan fingerprint density at radius 3 is 2.74 bits per heavy atom. The standard InChI is InChI=1S/C17H17ClFNO3/c1-2-23-16-12(7-5-9-14(16)19)17(22)20-10-15(21)11-6-3-4-8-13(11)18/h3-9,15,21H,2,10H2,1H3,(H,20,22). The van der Waals surface area contributed by atoms with Crippen molar-refractivity contribution in [1.29, 1.82) is 0 Å². The second-order valence-corrected chi connectivity index (χ2v) is 5.20. The molecule has 2 N–H and O–H groups in total. The van der Waals surface area contributed by atoms with Gasteiger partial charge in [-0.3, -0.25) is 4.79 Å². The fraction of sp³-hybridized carbons (Fsp3) is 0.235. The van der Waals surface area contributed by atoms with Crippen molar-refractivity contribution in [2.45, 2.75) is 13.0 Å². The molecule has 2 aromatic carbocycles. The van der Waals surface area contributed by atoms with Gasteiger partial charge in [-0.15, -0.1) is 0 Å². The summed E-state index contributed by atoms with van der Waals surface area (Å²) in [5.74, 6) is -1.23. The highest BCUT2D eigenvalue weighted by atomic mass is 35.5. The Bertz CT molecular complexity index is 693. The number of hydrogen-bond donors (Lipinski definition) is 2. The molecule has 0 aliphatic carbocycles. The third-order valence-corrected chi connectivity index (χ3v) is 3.56. The molecule has 4 nitrogen and oxygen atoms in total. The second-order valence-electron chi connectivity index (χ2n) is 4.80. The lowest BCUT2D eigenvalue weighted by Gasteiger charge is -2.15. The molecular formula is C17H17ClFNO3. The number of amides is 1. The van der Waals surface area contributed by atoms with Crippen LogP contribution in [0.25, 0.3) is 0 Å². The lowest BCUT2D eigenvalue weighted by atomic mass is 10.1. The molecule has 0 aliphatic rings. The number of para-hydroxylation sites is 1. The van der Waals surface area contributed by atoms with Crippen LogP contribution in [0.5, 0.6) is 5.75 Å². The molecule has 0 saturated heterocycles. The van der Waals surface area contributed by atoms with Crippen LogP contribution >= 0.6 is 11.6 Å². The first kappa shape index (κ1) is 17.2. The molecule has 122 valence electrons. The van der Waals surface area contributed by atoms with E-state index in [0.717, 1.165) is 0 Å². The predicted molar refractivity (Wildman–Crippen MR) is 86.3 cm³/mol. The molecule has 0 saturated carbocycles. The molecule has 1 unspecified atom stereocenters. The zero-order chi connectivity index (χ0) is 16.8.